The molecule has 0 aliphatic heterocycles. The third kappa shape index (κ3) is 3.98. The van der Waals surface area contributed by atoms with E-state index in [4.69, 9.17) is 6.57 Å². The van der Waals surface area contributed by atoms with Crippen molar-refractivity contribution < 1.29 is 4.79 Å². The minimum atomic E-state index is 0.0490. The van der Waals surface area contributed by atoms with Crippen LogP contribution >= 0.6 is 0 Å². The molecule has 2 fully saturated rings. The lowest BCUT2D eigenvalue weighted by molar-refractivity contribution is -0.125. The maximum absolute atomic E-state index is 12.6. The Labute approximate surface area is 183 Å². The van der Waals surface area contributed by atoms with Crippen LogP contribution in [0.2, 0.25) is 0 Å². The van der Waals surface area contributed by atoms with Gasteiger partial charge in [0.2, 0.25) is 5.91 Å². The van der Waals surface area contributed by atoms with E-state index in [0.717, 1.165) is 54.5 Å². The summed E-state index contributed by atoms with van der Waals surface area (Å²) >= 11 is 0. The van der Waals surface area contributed by atoms with E-state index in [0.29, 0.717) is 11.7 Å². The van der Waals surface area contributed by atoms with Gasteiger partial charge in [-0.25, -0.2) is 9.83 Å². The molecule has 0 spiro atoms. The van der Waals surface area contributed by atoms with Crippen molar-refractivity contribution in [1.29, 1.82) is 0 Å². The van der Waals surface area contributed by atoms with Gasteiger partial charge in [-0.1, -0.05) is 48.5 Å². The summed E-state index contributed by atoms with van der Waals surface area (Å²) in [6, 6.07) is 16.4. The Morgan fingerprint density at radius 2 is 1.71 bits per heavy atom. The van der Waals surface area contributed by atoms with E-state index in [-0.39, 0.29) is 17.4 Å². The zero-order valence-corrected chi connectivity index (χ0v) is 17.7. The van der Waals surface area contributed by atoms with E-state index in [1.807, 2.05) is 36.8 Å². The lowest BCUT2D eigenvalue weighted by atomic mass is 10.0. The zero-order valence-electron chi connectivity index (χ0n) is 17.7. The quantitative estimate of drug-likeness (QED) is 0.542. The first-order valence-corrected chi connectivity index (χ1v) is 11.0. The van der Waals surface area contributed by atoms with Crippen molar-refractivity contribution in [1.82, 2.24) is 14.9 Å². The van der Waals surface area contributed by atoms with E-state index >= 15 is 0 Å². The Bertz CT molecular complexity index is 1130. The maximum Gasteiger partial charge on any atom is 0.223 e. The van der Waals surface area contributed by atoms with Crippen molar-refractivity contribution in [2.75, 3.05) is 0 Å². The molecule has 5 nitrogen and oxygen atoms in total. The van der Waals surface area contributed by atoms with Crippen LogP contribution in [0.3, 0.4) is 0 Å². The van der Waals surface area contributed by atoms with Gasteiger partial charge in [-0.15, -0.1) is 0 Å². The number of benzene rings is 2. The molecular formula is C26H26N4O. The summed E-state index contributed by atoms with van der Waals surface area (Å²) in [5.74, 6) is 0.316. The van der Waals surface area contributed by atoms with Crippen molar-refractivity contribution in [3.05, 3.63) is 72.5 Å². The molecule has 2 aliphatic rings. The summed E-state index contributed by atoms with van der Waals surface area (Å²) in [6.45, 7) is 9.22. The standard InChI is InChI=1S/C26H26N4O/c1-26(13-14-26)29-25(31)21-9-12-23(15-21)30-17-28-16-24(30)20-5-3-18(4-6-20)19-7-10-22(27-2)11-8-19/h3-8,10-11,16-17,21,23H,9,12-15H2,1H3,(H,29,31)/t21-,23+/m0/s1. The Hall–Kier alpha value is -3.39. The number of hydrogen-bond acceptors (Lipinski definition) is 2. The van der Waals surface area contributed by atoms with Crippen LogP contribution < -0.4 is 5.32 Å². The van der Waals surface area contributed by atoms with Gasteiger partial charge in [0.25, 0.3) is 0 Å². The van der Waals surface area contributed by atoms with Crippen LogP contribution in [0.15, 0.2) is 61.1 Å². The topological polar surface area (TPSA) is 51.3 Å². The zero-order chi connectivity index (χ0) is 21.4. The van der Waals surface area contributed by atoms with Crippen LogP contribution in [-0.2, 0) is 4.79 Å². The Morgan fingerprint density at radius 1 is 1.06 bits per heavy atom. The first kappa shape index (κ1) is 19.6. The van der Waals surface area contributed by atoms with Gasteiger partial charge in [-0.05, 0) is 55.7 Å². The number of rotatable bonds is 5. The second-order valence-corrected chi connectivity index (χ2v) is 9.14. The number of imidazole rings is 1. The van der Waals surface area contributed by atoms with Crippen molar-refractivity contribution in [2.45, 2.75) is 50.6 Å². The molecule has 31 heavy (non-hydrogen) atoms. The van der Waals surface area contributed by atoms with Gasteiger partial charge < -0.3 is 9.88 Å². The molecule has 2 aromatic carbocycles. The van der Waals surface area contributed by atoms with Gasteiger partial charge in [-0.2, -0.15) is 0 Å². The lowest BCUT2D eigenvalue weighted by Gasteiger charge is -2.18. The smallest absolute Gasteiger partial charge is 0.223 e. The number of aromatic nitrogens is 2. The summed E-state index contributed by atoms with van der Waals surface area (Å²) in [6.07, 6.45) is 8.82. The largest absolute Gasteiger partial charge is 0.351 e. The van der Waals surface area contributed by atoms with Crippen molar-refractivity contribution in [2.24, 2.45) is 5.92 Å². The normalized spacial score (nSPS) is 21.4. The Morgan fingerprint density at radius 3 is 2.35 bits per heavy atom. The molecule has 0 unspecified atom stereocenters. The minimum absolute atomic E-state index is 0.0490. The summed E-state index contributed by atoms with van der Waals surface area (Å²) < 4.78 is 2.24. The number of carbonyl (C=O) groups is 1. The molecule has 0 bridgehead atoms. The minimum Gasteiger partial charge on any atom is -0.351 e. The predicted molar refractivity (Wildman–Crippen MR) is 122 cm³/mol. The Balaban J connectivity index is 1.31. The summed E-state index contributed by atoms with van der Waals surface area (Å²) in [5, 5.41) is 3.23. The second kappa shape index (κ2) is 7.70. The van der Waals surface area contributed by atoms with Crippen molar-refractivity contribution in [3.8, 4) is 22.4 Å². The van der Waals surface area contributed by atoms with E-state index in [1.54, 1.807) is 0 Å². The molecular weight excluding hydrogens is 384 g/mol. The highest BCUT2D eigenvalue weighted by atomic mass is 16.2. The number of hydrogen-bond donors (Lipinski definition) is 1. The number of nitrogens with one attached hydrogen (secondary N) is 1. The molecule has 0 radical (unpaired) electrons. The summed E-state index contributed by atoms with van der Waals surface area (Å²) in [4.78, 5) is 20.5. The molecule has 2 atom stereocenters. The summed E-state index contributed by atoms with van der Waals surface area (Å²) in [7, 11) is 0. The van der Waals surface area contributed by atoms with Crippen molar-refractivity contribution >= 4 is 11.6 Å². The monoisotopic (exact) mass is 410 g/mol. The molecule has 3 aromatic rings. The maximum atomic E-state index is 12.6. The molecule has 2 saturated carbocycles. The first-order valence-electron chi connectivity index (χ1n) is 11.0. The predicted octanol–water partition coefficient (Wildman–Crippen LogP) is 5.78. The first-order chi connectivity index (χ1) is 15.0. The fourth-order valence-corrected chi connectivity index (χ4v) is 4.54. The van der Waals surface area contributed by atoms with Gasteiger partial charge in [0.15, 0.2) is 5.69 Å². The highest BCUT2D eigenvalue weighted by molar-refractivity contribution is 5.80. The van der Waals surface area contributed by atoms with Gasteiger partial charge in [0.1, 0.15) is 0 Å². The van der Waals surface area contributed by atoms with Crippen LogP contribution in [0.25, 0.3) is 27.2 Å². The molecule has 156 valence electrons. The molecule has 2 aliphatic carbocycles. The second-order valence-electron chi connectivity index (χ2n) is 9.14. The van der Waals surface area contributed by atoms with Crippen LogP contribution in [-0.4, -0.2) is 21.0 Å². The SMILES string of the molecule is [C-]#[N+]c1ccc(-c2ccc(-c3cncn3[C@@H]3CC[C@H](C(=O)NC4(C)CC4)C3)cc2)cc1. The average Bonchev–Trinajstić information content (AvgIpc) is 3.19. The van der Waals surface area contributed by atoms with Gasteiger partial charge in [0, 0.05) is 17.5 Å². The lowest BCUT2D eigenvalue weighted by Crippen LogP contribution is -2.38. The van der Waals surface area contributed by atoms with Crippen LogP contribution in [0.5, 0.6) is 0 Å². The third-order valence-electron chi connectivity index (χ3n) is 6.77. The van der Waals surface area contributed by atoms with Crippen LogP contribution in [0.4, 0.5) is 5.69 Å². The van der Waals surface area contributed by atoms with E-state index < -0.39 is 0 Å². The number of amides is 1. The molecule has 1 N–H and O–H groups in total. The van der Waals surface area contributed by atoms with Crippen LogP contribution in [0, 0.1) is 12.5 Å². The molecule has 1 aromatic heterocycles. The fourth-order valence-electron chi connectivity index (χ4n) is 4.54. The molecule has 0 saturated heterocycles. The van der Waals surface area contributed by atoms with Gasteiger partial charge in [-0.3, -0.25) is 4.79 Å². The molecule has 5 heteroatoms. The van der Waals surface area contributed by atoms with Crippen LogP contribution in [0.1, 0.15) is 45.1 Å². The van der Waals surface area contributed by atoms with E-state index in [2.05, 4.69) is 50.9 Å². The highest BCUT2D eigenvalue weighted by Gasteiger charge is 2.41. The number of nitrogens with zero attached hydrogens (tertiary/aromatic N) is 3. The summed E-state index contributed by atoms with van der Waals surface area (Å²) in [5.41, 5.74) is 5.14. The number of carbonyl (C=O) groups excluding carboxylic acids is 1. The average molecular weight is 411 g/mol. The van der Waals surface area contributed by atoms with Crippen molar-refractivity contribution in [3.63, 3.8) is 0 Å². The Kier molecular flexibility index (Phi) is 4.86. The van der Waals surface area contributed by atoms with Gasteiger partial charge >= 0.3 is 0 Å². The third-order valence-corrected chi connectivity index (χ3v) is 6.77. The fraction of sp³-hybridized carbons (Fsp3) is 0.346. The molecule has 1 amide bonds. The van der Waals surface area contributed by atoms with E-state index in [1.165, 1.54) is 0 Å². The van der Waals surface area contributed by atoms with Gasteiger partial charge in [0.05, 0.1) is 24.8 Å². The molecule has 5 rings (SSSR count). The molecule has 1 heterocycles. The van der Waals surface area contributed by atoms with E-state index in [9.17, 15) is 4.79 Å². The highest BCUT2D eigenvalue weighted by Crippen LogP contribution is 2.40.